The van der Waals surface area contributed by atoms with Gasteiger partial charge >= 0.3 is 0 Å². The number of allylic oxidation sites excluding steroid dienone is 2. The summed E-state index contributed by atoms with van der Waals surface area (Å²) in [5.41, 5.74) is 1.79. The molecule has 0 saturated carbocycles. The molecule has 0 atom stereocenters. The van der Waals surface area contributed by atoms with Crippen molar-refractivity contribution in [1.29, 1.82) is 0 Å². The van der Waals surface area contributed by atoms with Gasteiger partial charge in [-0.15, -0.1) is 11.3 Å². The molecular formula is C18H14ClN3O3S. The minimum Gasteiger partial charge on any atom is -0.455 e. The maximum atomic E-state index is 12.4. The number of hydrogen-bond donors (Lipinski definition) is 2. The number of Topliss-reactive ketones (excluding diaryl/α,β-unsaturated/α-hetero) is 1. The molecular weight excluding hydrogens is 374 g/mol. The summed E-state index contributed by atoms with van der Waals surface area (Å²) in [6, 6.07) is 5.13. The van der Waals surface area contributed by atoms with Crippen LogP contribution >= 0.6 is 22.9 Å². The standard InChI is InChI=1S/C18H14ClN3O3S/c19-18-22-8-11(26-18)7-21-17(24)10-4-5-16-13(6-10)20-9-12-14(23)2-1-3-15(12)25-16/h1,3-6,8,20H,2,7,9H2,(H,21,24). The minimum atomic E-state index is -0.211. The summed E-state index contributed by atoms with van der Waals surface area (Å²) in [7, 11) is 0. The summed E-state index contributed by atoms with van der Waals surface area (Å²) in [6.07, 6.45) is 5.63. The first-order chi connectivity index (χ1) is 12.6. The van der Waals surface area contributed by atoms with Crippen LogP contribution in [0.25, 0.3) is 0 Å². The molecule has 4 rings (SSSR count). The van der Waals surface area contributed by atoms with Gasteiger partial charge in [-0.05, 0) is 24.3 Å². The van der Waals surface area contributed by atoms with E-state index in [1.54, 1.807) is 30.5 Å². The zero-order chi connectivity index (χ0) is 18.1. The Labute approximate surface area is 158 Å². The van der Waals surface area contributed by atoms with Gasteiger partial charge in [-0.3, -0.25) is 9.59 Å². The molecule has 0 fully saturated rings. The number of ketones is 1. The second-order valence-electron chi connectivity index (χ2n) is 5.80. The van der Waals surface area contributed by atoms with Crippen molar-refractivity contribution in [3.05, 3.63) is 62.8 Å². The zero-order valence-electron chi connectivity index (χ0n) is 13.5. The van der Waals surface area contributed by atoms with E-state index >= 15 is 0 Å². The van der Waals surface area contributed by atoms with E-state index in [-0.39, 0.29) is 11.7 Å². The van der Waals surface area contributed by atoms with Gasteiger partial charge in [0.25, 0.3) is 5.91 Å². The molecule has 8 heteroatoms. The highest BCUT2D eigenvalue weighted by molar-refractivity contribution is 7.15. The highest BCUT2D eigenvalue weighted by Crippen LogP contribution is 2.33. The molecule has 1 amide bonds. The molecule has 1 aliphatic carbocycles. The van der Waals surface area contributed by atoms with Crippen molar-refractivity contribution in [2.45, 2.75) is 13.0 Å². The average molecular weight is 388 g/mol. The molecule has 0 radical (unpaired) electrons. The second-order valence-corrected chi connectivity index (χ2v) is 7.50. The Balaban J connectivity index is 1.49. The predicted octanol–water partition coefficient (Wildman–Crippen LogP) is 3.31. The molecule has 0 unspecified atom stereocenters. The number of nitrogens with one attached hydrogen (secondary N) is 2. The van der Waals surface area contributed by atoms with Gasteiger partial charge in [0.15, 0.2) is 16.0 Å². The van der Waals surface area contributed by atoms with E-state index in [9.17, 15) is 9.59 Å². The Kier molecular flexibility index (Phi) is 4.48. The fourth-order valence-electron chi connectivity index (χ4n) is 2.75. The molecule has 2 N–H and O–H groups in total. The summed E-state index contributed by atoms with van der Waals surface area (Å²) >= 11 is 7.11. The van der Waals surface area contributed by atoms with Crippen LogP contribution in [0.2, 0.25) is 4.47 Å². The van der Waals surface area contributed by atoms with Gasteiger partial charge in [0.1, 0.15) is 5.76 Å². The van der Waals surface area contributed by atoms with Gasteiger partial charge in [0, 0.05) is 29.6 Å². The van der Waals surface area contributed by atoms with E-state index < -0.39 is 0 Å². The first kappa shape index (κ1) is 16.8. The molecule has 0 bridgehead atoms. The van der Waals surface area contributed by atoms with Gasteiger partial charge in [-0.2, -0.15) is 0 Å². The fraction of sp³-hybridized carbons (Fsp3) is 0.167. The number of carbonyl (C=O) groups excluding carboxylic acids is 2. The van der Waals surface area contributed by atoms with Gasteiger partial charge < -0.3 is 15.4 Å². The molecule has 2 aromatic rings. The van der Waals surface area contributed by atoms with Crippen molar-refractivity contribution in [3.63, 3.8) is 0 Å². The topological polar surface area (TPSA) is 80.3 Å². The van der Waals surface area contributed by atoms with E-state index in [1.807, 2.05) is 6.08 Å². The lowest BCUT2D eigenvalue weighted by Gasteiger charge is -2.12. The van der Waals surface area contributed by atoms with Crippen molar-refractivity contribution in [1.82, 2.24) is 10.3 Å². The van der Waals surface area contributed by atoms with Crippen LogP contribution in [0.1, 0.15) is 21.7 Å². The Morgan fingerprint density at radius 3 is 3.12 bits per heavy atom. The predicted molar refractivity (Wildman–Crippen MR) is 99.6 cm³/mol. The number of rotatable bonds is 3. The Morgan fingerprint density at radius 2 is 2.31 bits per heavy atom. The molecule has 2 aliphatic rings. The highest BCUT2D eigenvalue weighted by Gasteiger charge is 2.23. The zero-order valence-corrected chi connectivity index (χ0v) is 15.1. The number of amides is 1. The molecule has 1 aliphatic heterocycles. The van der Waals surface area contributed by atoms with Crippen LogP contribution in [-0.4, -0.2) is 23.2 Å². The number of hydrogen-bond acceptors (Lipinski definition) is 6. The van der Waals surface area contributed by atoms with Crippen molar-refractivity contribution >= 4 is 40.3 Å². The fourth-order valence-corrected chi connectivity index (χ4v) is 3.67. The number of anilines is 1. The summed E-state index contributed by atoms with van der Waals surface area (Å²) < 4.78 is 6.30. The first-order valence-electron chi connectivity index (χ1n) is 7.97. The van der Waals surface area contributed by atoms with Crippen LogP contribution in [0.15, 0.2) is 47.9 Å². The third-order valence-corrected chi connectivity index (χ3v) is 5.19. The third kappa shape index (κ3) is 3.36. The number of nitrogens with zero attached hydrogens (tertiary/aromatic N) is 1. The number of fused-ring (bicyclic) bond motifs is 1. The van der Waals surface area contributed by atoms with E-state index in [2.05, 4.69) is 15.6 Å². The van der Waals surface area contributed by atoms with Crippen molar-refractivity contribution < 1.29 is 14.3 Å². The van der Waals surface area contributed by atoms with E-state index in [4.69, 9.17) is 16.3 Å². The van der Waals surface area contributed by atoms with E-state index in [1.165, 1.54) is 11.3 Å². The van der Waals surface area contributed by atoms with Crippen LogP contribution in [-0.2, 0) is 11.3 Å². The Hall–Kier alpha value is -2.64. The minimum absolute atomic E-state index is 0.0454. The molecule has 0 saturated heterocycles. The van der Waals surface area contributed by atoms with Crippen LogP contribution in [0.3, 0.4) is 0 Å². The van der Waals surface area contributed by atoms with Crippen molar-refractivity contribution in [2.24, 2.45) is 0 Å². The molecule has 0 spiro atoms. The quantitative estimate of drug-likeness (QED) is 0.844. The summed E-state index contributed by atoms with van der Waals surface area (Å²) in [6.45, 7) is 0.731. The van der Waals surface area contributed by atoms with Gasteiger partial charge in [-0.25, -0.2) is 4.98 Å². The van der Waals surface area contributed by atoms with Crippen molar-refractivity contribution in [3.8, 4) is 5.75 Å². The lowest BCUT2D eigenvalue weighted by Crippen LogP contribution is -2.22. The van der Waals surface area contributed by atoms with Crippen LogP contribution in [0.5, 0.6) is 5.75 Å². The first-order valence-corrected chi connectivity index (χ1v) is 9.16. The van der Waals surface area contributed by atoms with Gasteiger partial charge in [0.2, 0.25) is 0 Å². The number of carbonyl (C=O) groups is 2. The Morgan fingerprint density at radius 1 is 1.42 bits per heavy atom. The SMILES string of the molecule is O=C1CC=CC2=C1CNc1cc(C(=O)NCc3cnc(Cl)s3)ccc1O2. The largest absolute Gasteiger partial charge is 0.455 e. The molecule has 132 valence electrons. The molecule has 26 heavy (non-hydrogen) atoms. The number of halogens is 1. The lowest BCUT2D eigenvalue weighted by atomic mass is 10.0. The Bertz CT molecular complexity index is 964. The smallest absolute Gasteiger partial charge is 0.251 e. The second kappa shape index (κ2) is 6.93. The van der Waals surface area contributed by atoms with Crippen LogP contribution in [0, 0.1) is 0 Å². The van der Waals surface area contributed by atoms with Crippen LogP contribution in [0.4, 0.5) is 5.69 Å². The summed E-state index contributed by atoms with van der Waals surface area (Å²) in [5, 5.41) is 6.02. The van der Waals surface area contributed by atoms with Gasteiger partial charge in [-0.1, -0.05) is 17.7 Å². The molecule has 2 heterocycles. The maximum Gasteiger partial charge on any atom is 0.251 e. The number of benzene rings is 1. The van der Waals surface area contributed by atoms with E-state index in [0.717, 1.165) is 4.88 Å². The number of thiazole rings is 1. The van der Waals surface area contributed by atoms with Crippen molar-refractivity contribution in [2.75, 3.05) is 11.9 Å². The summed E-state index contributed by atoms with van der Waals surface area (Å²) in [5.74, 6) is 0.980. The van der Waals surface area contributed by atoms with E-state index in [0.29, 0.717) is 52.3 Å². The maximum absolute atomic E-state index is 12.4. The lowest BCUT2D eigenvalue weighted by molar-refractivity contribution is -0.115. The monoisotopic (exact) mass is 387 g/mol. The van der Waals surface area contributed by atoms with Gasteiger partial charge in [0.05, 0.1) is 17.8 Å². The molecule has 1 aromatic carbocycles. The molecule has 1 aromatic heterocycles. The summed E-state index contributed by atoms with van der Waals surface area (Å²) in [4.78, 5) is 29.2. The number of ether oxygens (including phenoxy) is 1. The van der Waals surface area contributed by atoms with Crippen LogP contribution < -0.4 is 15.4 Å². The average Bonchev–Trinajstić information content (AvgIpc) is 2.95. The normalized spacial score (nSPS) is 15.5. The highest BCUT2D eigenvalue weighted by atomic mass is 35.5. The number of aromatic nitrogens is 1. The molecule has 6 nitrogen and oxygen atoms in total. The third-order valence-electron chi connectivity index (χ3n) is 4.07.